The fraction of sp³-hybridized carbons (Fsp3) is 0.105. The van der Waals surface area contributed by atoms with Crippen LogP contribution in [-0.4, -0.2) is 30.6 Å². The number of rotatable bonds is 6. The summed E-state index contributed by atoms with van der Waals surface area (Å²) in [5.74, 6) is -3.35. The fourth-order valence-corrected chi connectivity index (χ4v) is 3.01. The first-order valence-corrected chi connectivity index (χ1v) is 8.87. The summed E-state index contributed by atoms with van der Waals surface area (Å²) >= 11 is 1.18. The van der Waals surface area contributed by atoms with Gasteiger partial charge in [0, 0.05) is 10.9 Å². The van der Waals surface area contributed by atoms with Crippen LogP contribution in [0.2, 0.25) is 0 Å². The normalized spacial score (nSPS) is 10.4. The van der Waals surface area contributed by atoms with E-state index in [2.05, 4.69) is 15.0 Å². The highest BCUT2D eigenvalue weighted by Crippen LogP contribution is 2.26. The molecule has 6 nitrogen and oxygen atoms in total. The molecule has 0 saturated heterocycles. The van der Waals surface area contributed by atoms with Crippen LogP contribution >= 0.6 is 11.3 Å². The molecular formula is C19H14F2N2O4S. The molecule has 0 aliphatic rings. The van der Waals surface area contributed by atoms with Crippen molar-refractivity contribution in [1.29, 1.82) is 0 Å². The summed E-state index contributed by atoms with van der Waals surface area (Å²) < 4.78 is 36.8. The van der Waals surface area contributed by atoms with Gasteiger partial charge in [0.1, 0.15) is 22.9 Å². The van der Waals surface area contributed by atoms with Crippen LogP contribution < -0.4 is 10.1 Å². The van der Waals surface area contributed by atoms with Crippen LogP contribution in [0.15, 0.2) is 47.8 Å². The predicted molar refractivity (Wildman–Crippen MR) is 99.4 cm³/mol. The summed E-state index contributed by atoms with van der Waals surface area (Å²) in [7, 11) is 1.57. The number of hydrogen-bond acceptors (Lipinski definition) is 6. The van der Waals surface area contributed by atoms with Crippen LogP contribution in [0.4, 0.5) is 13.9 Å². The molecule has 0 spiro atoms. The first-order chi connectivity index (χ1) is 13.5. The van der Waals surface area contributed by atoms with Crippen molar-refractivity contribution in [3.63, 3.8) is 0 Å². The number of aromatic nitrogens is 1. The average Bonchev–Trinajstić information content (AvgIpc) is 3.14. The second-order valence-corrected chi connectivity index (χ2v) is 6.35. The molecule has 0 radical (unpaired) electrons. The molecule has 3 aromatic rings. The summed E-state index contributed by atoms with van der Waals surface area (Å²) in [6.07, 6.45) is 0. The zero-order valence-electron chi connectivity index (χ0n) is 14.6. The molecule has 2 aromatic carbocycles. The maximum absolute atomic E-state index is 13.5. The van der Waals surface area contributed by atoms with Crippen molar-refractivity contribution in [1.82, 2.24) is 4.98 Å². The first kappa shape index (κ1) is 19.4. The highest BCUT2D eigenvalue weighted by atomic mass is 32.1. The molecule has 0 fully saturated rings. The molecule has 144 valence electrons. The first-order valence-electron chi connectivity index (χ1n) is 7.99. The maximum Gasteiger partial charge on any atom is 0.344 e. The van der Waals surface area contributed by atoms with E-state index in [9.17, 15) is 18.4 Å². The van der Waals surface area contributed by atoms with Crippen LogP contribution in [0, 0.1) is 11.6 Å². The zero-order chi connectivity index (χ0) is 20.1. The molecule has 0 aliphatic heterocycles. The second kappa shape index (κ2) is 8.57. The van der Waals surface area contributed by atoms with Gasteiger partial charge in [-0.05, 0) is 36.4 Å². The van der Waals surface area contributed by atoms with Gasteiger partial charge >= 0.3 is 5.97 Å². The van der Waals surface area contributed by atoms with Crippen LogP contribution in [0.25, 0.3) is 11.3 Å². The van der Waals surface area contributed by atoms with E-state index in [0.29, 0.717) is 16.6 Å². The molecule has 0 aliphatic carbocycles. The topological polar surface area (TPSA) is 77.5 Å². The Morgan fingerprint density at radius 3 is 2.43 bits per heavy atom. The Hall–Kier alpha value is -3.33. The van der Waals surface area contributed by atoms with Crippen molar-refractivity contribution in [3.05, 3.63) is 65.0 Å². The summed E-state index contributed by atoms with van der Waals surface area (Å²) in [4.78, 5) is 28.0. The molecule has 0 atom stereocenters. The number of carbonyl (C=O) groups is 2. The van der Waals surface area contributed by atoms with Crippen LogP contribution in [0.1, 0.15) is 10.4 Å². The van der Waals surface area contributed by atoms with Gasteiger partial charge < -0.3 is 9.47 Å². The Labute approximate surface area is 162 Å². The third-order valence-electron chi connectivity index (χ3n) is 3.64. The van der Waals surface area contributed by atoms with E-state index >= 15 is 0 Å². The average molecular weight is 404 g/mol. The summed E-state index contributed by atoms with van der Waals surface area (Å²) in [5.41, 5.74) is 0.638. The minimum Gasteiger partial charge on any atom is -0.497 e. The van der Waals surface area contributed by atoms with E-state index in [1.165, 1.54) is 11.3 Å². The van der Waals surface area contributed by atoms with Crippen molar-refractivity contribution < 1.29 is 27.8 Å². The molecule has 1 aromatic heterocycles. The Morgan fingerprint density at radius 2 is 1.79 bits per heavy atom. The van der Waals surface area contributed by atoms with Crippen molar-refractivity contribution in [2.75, 3.05) is 19.0 Å². The lowest BCUT2D eigenvalue weighted by atomic mass is 10.2. The Balaban J connectivity index is 1.58. The summed E-state index contributed by atoms with van der Waals surface area (Å²) in [6.45, 7) is -0.704. The number of ether oxygens (including phenoxy) is 2. The highest BCUT2D eigenvalue weighted by Gasteiger charge is 2.19. The largest absolute Gasteiger partial charge is 0.497 e. The molecule has 0 saturated carbocycles. The van der Waals surface area contributed by atoms with Gasteiger partial charge in [0.05, 0.1) is 12.8 Å². The number of halogens is 2. The van der Waals surface area contributed by atoms with Gasteiger partial charge in [-0.2, -0.15) is 0 Å². The SMILES string of the molecule is COc1ccc(-c2csc(NC(=O)COC(=O)c3c(F)cccc3F)n2)cc1. The zero-order valence-corrected chi connectivity index (χ0v) is 15.4. The smallest absolute Gasteiger partial charge is 0.344 e. The standard InChI is InChI=1S/C19H14F2N2O4S/c1-26-12-7-5-11(6-8-12)15-10-28-19(22-15)23-16(24)9-27-18(25)17-13(20)3-2-4-14(17)21/h2-8,10H,9H2,1H3,(H,22,23,24). The Bertz CT molecular complexity index is 985. The van der Waals surface area contributed by atoms with Gasteiger partial charge in [-0.1, -0.05) is 6.07 Å². The van der Waals surface area contributed by atoms with E-state index < -0.39 is 35.7 Å². The van der Waals surface area contributed by atoms with Crippen molar-refractivity contribution in [2.24, 2.45) is 0 Å². The maximum atomic E-state index is 13.5. The lowest BCUT2D eigenvalue weighted by Gasteiger charge is -2.06. The quantitative estimate of drug-likeness (QED) is 0.631. The molecule has 28 heavy (non-hydrogen) atoms. The van der Waals surface area contributed by atoms with Gasteiger partial charge in [0.15, 0.2) is 11.7 Å². The number of benzene rings is 2. The van der Waals surface area contributed by atoms with E-state index in [1.54, 1.807) is 24.6 Å². The molecule has 1 N–H and O–H groups in total. The Morgan fingerprint density at radius 1 is 1.11 bits per heavy atom. The number of methoxy groups -OCH3 is 1. The molecule has 0 bridgehead atoms. The number of nitrogens with zero attached hydrogens (tertiary/aromatic N) is 1. The summed E-state index contributed by atoms with van der Waals surface area (Å²) in [5, 5.41) is 4.51. The third-order valence-corrected chi connectivity index (χ3v) is 4.40. The lowest BCUT2D eigenvalue weighted by molar-refractivity contribution is -0.119. The molecule has 1 amide bonds. The van der Waals surface area contributed by atoms with E-state index in [4.69, 9.17) is 4.74 Å². The third kappa shape index (κ3) is 4.49. The predicted octanol–water partition coefficient (Wildman–Crippen LogP) is 3.89. The van der Waals surface area contributed by atoms with Gasteiger partial charge in [-0.25, -0.2) is 18.6 Å². The van der Waals surface area contributed by atoms with Crippen molar-refractivity contribution >= 4 is 28.3 Å². The van der Waals surface area contributed by atoms with Gasteiger partial charge in [-0.15, -0.1) is 11.3 Å². The van der Waals surface area contributed by atoms with Crippen LogP contribution in [-0.2, 0) is 9.53 Å². The van der Waals surface area contributed by atoms with Crippen LogP contribution in [0.5, 0.6) is 5.75 Å². The van der Waals surface area contributed by atoms with Crippen LogP contribution in [0.3, 0.4) is 0 Å². The number of thiazole rings is 1. The summed E-state index contributed by atoms with van der Waals surface area (Å²) in [6, 6.07) is 10.2. The number of hydrogen-bond donors (Lipinski definition) is 1. The monoisotopic (exact) mass is 404 g/mol. The van der Waals surface area contributed by atoms with Crippen molar-refractivity contribution in [2.45, 2.75) is 0 Å². The second-order valence-electron chi connectivity index (χ2n) is 5.49. The molecule has 0 unspecified atom stereocenters. The highest BCUT2D eigenvalue weighted by molar-refractivity contribution is 7.14. The fourth-order valence-electron chi connectivity index (χ4n) is 2.28. The van der Waals surface area contributed by atoms with Gasteiger partial charge in [0.25, 0.3) is 5.91 Å². The molecule has 1 heterocycles. The number of carbonyl (C=O) groups excluding carboxylic acids is 2. The number of amides is 1. The number of nitrogens with one attached hydrogen (secondary N) is 1. The van der Waals surface area contributed by atoms with Gasteiger partial charge in [-0.3, -0.25) is 10.1 Å². The molecule has 3 rings (SSSR count). The van der Waals surface area contributed by atoms with Gasteiger partial charge in [0.2, 0.25) is 0 Å². The Kier molecular flexibility index (Phi) is 5.95. The molecular weight excluding hydrogens is 390 g/mol. The minimum absolute atomic E-state index is 0.295. The number of esters is 1. The van der Waals surface area contributed by atoms with E-state index in [1.807, 2.05) is 12.1 Å². The molecule has 9 heteroatoms. The van der Waals surface area contributed by atoms with E-state index in [-0.39, 0.29) is 0 Å². The van der Waals surface area contributed by atoms with Crippen molar-refractivity contribution in [3.8, 4) is 17.0 Å². The minimum atomic E-state index is -1.26. The number of anilines is 1. The lowest BCUT2D eigenvalue weighted by Crippen LogP contribution is -2.21. The van der Waals surface area contributed by atoms with E-state index in [0.717, 1.165) is 23.8 Å².